The lowest BCUT2D eigenvalue weighted by atomic mass is 10.1. The molecule has 2 rings (SSSR count). The molecule has 0 fully saturated rings. The van der Waals surface area contributed by atoms with Gasteiger partial charge in [0.05, 0.1) is 0 Å². The lowest BCUT2D eigenvalue weighted by Crippen LogP contribution is -2.24. The second-order valence-corrected chi connectivity index (χ2v) is 3.94. The van der Waals surface area contributed by atoms with Gasteiger partial charge in [-0.05, 0) is 23.8 Å². The molecule has 0 radical (unpaired) electrons. The zero-order valence-corrected chi connectivity index (χ0v) is 8.67. The van der Waals surface area contributed by atoms with E-state index in [0.717, 1.165) is 23.7 Å². The van der Waals surface area contributed by atoms with Crippen LogP contribution < -0.4 is 10.6 Å². The molecule has 0 aromatic heterocycles. The molecule has 1 atom stereocenters. The van der Waals surface area contributed by atoms with E-state index >= 15 is 0 Å². The monoisotopic (exact) mass is 208 g/mol. The number of hydrogen-bond donors (Lipinski definition) is 1. The van der Waals surface area contributed by atoms with Gasteiger partial charge in [0, 0.05) is 29.8 Å². The molecule has 0 unspecified atom stereocenters. The SMILES string of the molecule is C=CCN1C[C@H](N)c2cc(Cl)ccc21. The summed E-state index contributed by atoms with van der Waals surface area (Å²) in [5, 5.41) is 0.750. The minimum atomic E-state index is 0.0728. The van der Waals surface area contributed by atoms with Crippen molar-refractivity contribution < 1.29 is 0 Å². The van der Waals surface area contributed by atoms with Crippen molar-refractivity contribution in [3.8, 4) is 0 Å². The molecule has 2 N–H and O–H groups in total. The van der Waals surface area contributed by atoms with Gasteiger partial charge in [0.15, 0.2) is 0 Å². The molecule has 3 heteroatoms. The highest BCUT2D eigenvalue weighted by atomic mass is 35.5. The number of halogens is 1. The number of anilines is 1. The first kappa shape index (κ1) is 9.56. The molecule has 0 aliphatic carbocycles. The van der Waals surface area contributed by atoms with Crippen LogP contribution in [0.25, 0.3) is 0 Å². The minimum Gasteiger partial charge on any atom is -0.366 e. The Labute approximate surface area is 89.0 Å². The number of benzene rings is 1. The van der Waals surface area contributed by atoms with Gasteiger partial charge in [0.25, 0.3) is 0 Å². The highest BCUT2D eigenvalue weighted by Crippen LogP contribution is 2.34. The first-order valence-corrected chi connectivity index (χ1v) is 5.01. The fraction of sp³-hybridized carbons (Fsp3) is 0.273. The maximum Gasteiger partial charge on any atom is 0.0494 e. The van der Waals surface area contributed by atoms with Crippen LogP contribution >= 0.6 is 11.6 Å². The summed E-state index contributed by atoms with van der Waals surface area (Å²) in [7, 11) is 0. The Morgan fingerprint density at radius 3 is 3.14 bits per heavy atom. The van der Waals surface area contributed by atoms with Crippen LogP contribution in [0, 0.1) is 0 Å². The Morgan fingerprint density at radius 2 is 2.43 bits per heavy atom. The van der Waals surface area contributed by atoms with E-state index in [9.17, 15) is 0 Å². The van der Waals surface area contributed by atoms with Crippen LogP contribution in [0.1, 0.15) is 11.6 Å². The summed E-state index contributed by atoms with van der Waals surface area (Å²) in [4.78, 5) is 2.21. The molecule has 0 bridgehead atoms. The van der Waals surface area contributed by atoms with Gasteiger partial charge in [-0.15, -0.1) is 6.58 Å². The Bertz CT molecular complexity index is 362. The van der Waals surface area contributed by atoms with Crippen LogP contribution in [0.3, 0.4) is 0 Å². The highest BCUT2D eigenvalue weighted by molar-refractivity contribution is 6.30. The molecular weight excluding hydrogens is 196 g/mol. The first-order valence-electron chi connectivity index (χ1n) is 4.63. The number of fused-ring (bicyclic) bond motifs is 1. The van der Waals surface area contributed by atoms with E-state index in [1.54, 1.807) is 0 Å². The van der Waals surface area contributed by atoms with Crippen LogP contribution in [-0.4, -0.2) is 13.1 Å². The first-order chi connectivity index (χ1) is 6.72. The molecule has 1 aromatic carbocycles. The summed E-state index contributed by atoms with van der Waals surface area (Å²) in [6.45, 7) is 5.42. The van der Waals surface area contributed by atoms with Crippen molar-refractivity contribution in [2.24, 2.45) is 5.73 Å². The standard InChI is InChI=1S/C11H13ClN2/c1-2-5-14-7-10(13)9-6-8(12)3-4-11(9)14/h2-4,6,10H,1,5,7,13H2/t10-/m0/s1. The van der Waals surface area contributed by atoms with Crippen molar-refractivity contribution in [3.63, 3.8) is 0 Å². The number of nitrogens with two attached hydrogens (primary N) is 1. The normalized spacial score (nSPS) is 19.6. The largest absolute Gasteiger partial charge is 0.366 e. The number of rotatable bonds is 2. The summed E-state index contributed by atoms with van der Waals surface area (Å²) in [5.74, 6) is 0. The molecule has 0 spiro atoms. The Morgan fingerprint density at radius 1 is 1.64 bits per heavy atom. The topological polar surface area (TPSA) is 29.3 Å². The molecule has 0 saturated carbocycles. The second-order valence-electron chi connectivity index (χ2n) is 3.50. The van der Waals surface area contributed by atoms with Crippen LogP contribution in [0.5, 0.6) is 0 Å². The van der Waals surface area contributed by atoms with Gasteiger partial charge in [-0.3, -0.25) is 0 Å². The molecule has 0 amide bonds. The van der Waals surface area contributed by atoms with Crippen molar-refractivity contribution in [2.75, 3.05) is 18.0 Å². The fourth-order valence-corrected chi connectivity index (χ4v) is 2.05. The predicted octanol–water partition coefficient (Wildman–Crippen LogP) is 2.35. The third kappa shape index (κ3) is 1.51. The van der Waals surface area contributed by atoms with Crippen molar-refractivity contribution >= 4 is 17.3 Å². The number of nitrogens with zero attached hydrogens (tertiary/aromatic N) is 1. The van der Waals surface area contributed by atoms with E-state index in [1.807, 2.05) is 24.3 Å². The van der Waals surface area contributed by atoms with Gasteiger partial charge >= 0.3 is 0 Å². The van der Waals surface area contributed by atoms with Crippen molar-refractivity contribution in [3.05, 3.63) is 41.4 Å². The smallest absolute Gasteiger partial charge is 0.0494 e. The average molecular weight is 209 g/mol. The molecular formula is C11H13ClN2. The van der Waals surface area contributed by atoms with Gasteiger partial charge in [0.1, 0.15) is 0 Å². The maximum absolute atomic E-state index is 6.00. The van der Waals surface area contributed by atoms with Gasteiger partial charge < -0.3 is 10.6 Å². The van der Waals surface area contributed by atoms with E-state index in [1.165, 1.54) is 5.69 Å². The van der Waals surface area contributed by atoms with Crippen LogP contribution in [0.15, 0.2) is 30.9 Å². The predicted molar refractivity (Wildman–Crippen MR) is 60.8 cm³/mol. The highest BCUT2D eigenvalue weighted by Gasteiger charge is 2.24. The zero-order chi connectivity index (χ0) is 10.1. The summed E-state index contributed by atoms with van der Waals surface area (Å²) in [6.07, 6.45) is 1.89. The molecule has 1 heterocycles. The molecule has 14 heavy (non-hydrogen) atoms. The summed E-state index contributed by atoms with van der Waals surface area (Å²) in [6, 6.07) is 5.94. The van der Waals surface area contributed by atoms with Gasteiger partial charge in [0.2, 0.25) is 0 Å². The van der Waals surface area contributed by atoms with E-state index in [-0.39, 0.29) is 6.04 Å². The van der Waals surface area contributed by atoms with Crippen molar-refractivity contribution in [1.82, 2.24) is 0 Å². The maximum atomic E-state index is 6.00. The lowest BCUT2D eigenvalue weighted by Gasteiger charge is -2.16. The minimum absolute atomic E-state index is 0.0728. The van der Waals surface area contributed by atoms with Gasteiger partial charge in [-0.1, -0.05) is 17.7 Å². The quantitative estimate of drug-likeness (QED) is 0.756. The molecule has 1 aliphatic rings. The third-order valence-electron chi connectivity index (χ3n) is 2.50. The van der Waals surface area contributed by atoms with E-state index < -0.39 is 0 Å². The molecule has 2 nitrogen and oxygen atoms in total. The van der Waals surface area contributed by atoms with E-state index in [0.29, 0.717) is 0 Å². The second kappa shape index (κ2) is 3.64. The van der Waals surface area contributed by atoms with Crippen LogP contribution in [0.2, 0.25) is 5.02 Å². The van der Waals surface area contributed by atoms with E-state index in [2.05, 4.69) is 11.5 Å². The molecule has 0 saturated heterocycles. The Hall–Kier alpha value is -0.990. The van der Waals surface area contributed by atoms with E-state index in [4.69, 9.17) is 17.3 Å². The summed E-state index contributed by atoms with van der Waals surface area (Å²) in [5.41, 5.74) is 8.32. The summed E-state index contributed by atoms with van der Waals surface area (Å²) >= 11 is 5.92. The molecule has 74 valence electrons. The Kier molecular flexibility index (Phi) is 2.48. The molecule has 1 aliphatic heterocycles. The summed E-state index contributed by atoms with van der Waals surface area (Å²) < 4.78 is 0. The molecule has 1 aromatic rings. The lowest BCUT2D eigenvalue weighted by molar-refractivity contribution is 0.745. The fourth-order valence-electron chi connectivity index (χ4n) is 1.87. The Balaban J connectivity index is 2.39. The van der Waals surface area contributed by atoms with Gasteiger partial charge in [-0.2, -0.15) is 0 Å². The van der Waals surface area contributed by atoms with Crippen LogP contribution in [0.4, 0.5) is 5.69 Å². The van der Waals surface area contributed by atoms with Gasteiger partial charge in [-0.25, -0.2) is 0 Å². The van der Waals surface area contributed by atoms with Crippen molar-refractivity contribution in [2.45, 2.75) is 6.04 Å². The number of hydrogen-bond acceptors (Lipinski definition) is 2. The zero-order valence-electron chi connectivity index (χ0n) is 7.91. The van der Waals surface area contributed by atoms with Crippen molar-refractivity contribution in [1.29, 1.82) is 0 Å². The average Bonchev–Trinajstić information content (AvgIpc) is 2.44. The van der Waals surface area contributed by atoms with Crippen LogP contribution in [-0.2, 0) is 0 Å². The third-order valence-corrected chi connectivity index (χ3v) is 2.73.